The summed E-state index contributed by atoms with van der Waals surface area (Å²) in [6.07, 6.45) is 1.23. The number of ether oxygens (including phenoxy) is 1. The van der Waals surface area contributed by atoms with Crippen molar-refractivity contribution in [3.8, 4) is 5.75 Å². The third-order valence-corrected chi connectivity index (χ3v) is 6.48. The van der Waals surface area contributed by atoms with Crippen molar-refractivity contribution in [1.29, 1.82) is 0 Å². The molecule has 0 radical (unpaired) electrons. The van der Waals surface area contributed by atoms with Crippen molar-refractivity contribution in [2.45, 2.75) is 63.4 Å². The predicted molar refractivity (Wildman–Crippen MR) is 113 cm³/mol. The quantitative estimate of drug-likeness (QED) is 0.634. The fourth-order valence-corrected chi connectivity index (χ4v) is 4.96. The molecule has 31 heavy (non-hydrogen) atoms. The van der Waals surface area contributed by atoms with Gasteiger partial charge in [-0.25, -0.2) is 0 Å². The summed E-state index contributed by atoms with van der Waals surface area (Å²) < 4.78 is 41.8. The molecule has 1 saturated carbocycles. The second-order valence-corrected chi connectivity index (χ2v) is 8.51. The van der Waals surface area contributed by atoms with E-state index in [4.69, 9.17) is 0 Å². The second kappa shape index (κ2) is 8.91. The van der Waals surface area contributed by atoms with E-state index in [1.54, 1.807) is 0 Å². The predicted octanol–water partition coefficient (Wildman–Crippen LogP) is 5.96. The number of carbonyl (C=O) groups is 1. The van der Waals surface area contributed by atoms with E-state index in [2.05, 4.69) is 21.9 Å². The molecule has 166 valence electrons. The summed E-state index contributed by atoms with van der Waals surface area (Å²) in [4.78, 5) is 15.2. The Morgan fingerprint density at radius 1 is 1.06 bits per heavy atom. The Morgan fingerprint density at radius 3 is 2.48 bits per heavy atom. The van der Waals surface area contributed by atoms with Gasteiger partial charge in [0.05, 0.1) is 5.56 Å². The van der Waals surface area contributed by atoms with E-state index in [0.29, 0.717) is 23.7 Å². The molecule has 1 heterocycles. The summed E-state index contributed by atoms with van der Waals surface area (Å²) in [5.41, 5.74) is 1.62. The highest BCUT2D eigenvalue weighted by Crippen LogP contribution is 2.39. The number of anilines is 1. The van der Waals surface area contributed by atoms with Gasteiger partial charge in [-0.05, 0) is 81.3 Å². The van der Waals surface area contributed by atoms with Crippen LogP contribution in [-0.4, -0.2) is 35.8 Å². The lowest BCUT2D eigenvalue weighted by Crippen LogP contribution is -2.35. The number of carbonyl (C=O) groups excluding carboxylic acids is 1. The molecule has 2 unspecified atom stereocenters. The molecule has 2 fully saturated rings. The lowest BCUT2D eigenvalue weighted by molar-refractivity contribution is -0.274. The highest BCUT2D eigenvalue weighted by Gasteiger charge is 2.34. The Hall–Kier alpha value is -2.54. The SMILES string of the molecule is CC1CCCN1C1CC[C@H](c2ccc(NC(=O)c3ccccc3OC(F)(F)F)cc2)C1. The van der Waals surface area contributed by atoms with Crippen molar-refractivity contribution in [3.63, 3.8) is 0 Å². The summed E-state index contributed by atoms with van der Waals surface area (Å²) >= 11 is 0. The van der Waals surface area contributed by atoms with E-state index in [-0.39, 0.29) is 5.56 Å². The molecular weight excluding hydrogens is 405 g/mol. The van der Waals surface area contributed by atoms with Gasteiger partial charge in [-0.3, -0.25) is 9.69 Å². The molecule has 1 amide bonds. The number of nitrogens with zero attached hydrogens (tertiary/aromatic N) is 1. The summed E-state index contributed by atoms with van der Waals surface area (Å²) in [7, 11) is 0. The molecule has 0 bridgehead atoms. The number of amides is 1. The molecule has 0 spiro atoms. The number of alkyl halides is 3. The number of rotatable bonds is 5. The number of hydrogen-bond acceptors (Lipinski definition) is 3. The zero-order chi connectivity index (χ0) is 22.0. The van der Waals surface area contributed by atoms with Gasteiger partial charge in [0.2, 0.25) is 0 Å². The Kier molecular flexibility index (Phi) is 6.23. The van der Waals surface area contributed by atoms with Crippen LogP contribution in [0.15, 0.2) is 48.5 Å². The molecule has 2 aliphatic rings. The largest absolute Gasteiger partial charge is 0.573 e. The first-order valence-corrected chi connectivity index (χ1v) is 10.8. The average Bonchev–Trinajstić information content (AvgIpc) is 3.36. The molecule has 1 saturated heterocycles. The van der Waals surface area contributed by atoms with Gasteiger partial charge in [0.1, 0.15) is 5.75 Å². The monoisotopic (exact) mass is 432 g/mol. The van der Waals surface area contributed by atoms with Gasteiger partial charge in [-0.1, -0.05) is 24.3 Å². The number of para-hydroxylation sites is 1. The first kappa shape index (κ1) is 21.7. The van der Waals surface area contributed by atoms with Crippen molar-refractivity contribution >= 4 is 11.6 Å². The van der Waals surface area contributed by atoms with Crippen LogP contribution in [0.4, 0.5) is 18.9 Å². The maximum absolute atomic E-state index is 12.6. The zero-order valence-electron chi connectivity index (χ0n) is 17.5. The van der Waals surface area contributed by atoms with Gasteiger partial charge < -0.3 is 10.1 Å². The highest BCUT2D eigenvalue weighted by molar-refractivity contribution is 6.06. The van der Waals surface area contributed by atoms with E-state index < -0.39 is 18.0 Å². The van der Waals surface area contributed by atoms with Crippen LogP contribution in [0, 0.1) is 0 Å². The minimum Gasteiger partial charge on any atom is -0.405 e. The van der Waals surface area contributed by atoms with Gasteiger partial charge in [0, 0.05) is 17.8 Å². The van der Waals surface area contributed by atoms with Crippen molar-refractivity contribution in [2.24, 2.45) is 0 Å². The van der Waals surface area contributed by atoms with Crippen molar-refractivity contribution in [3.05, 3.63) is 59.7 Å². The van der Waals surface area contributed by atoms with Crippen LogP contribution in [0.2, 0.25) is 0 Å². The topological polar surface area (TPSA) is 41.6 Å². The van der Waals surface area contributed by atoms with Crippen LogP contribution in [0.3, 0.4) is 0 Å². The number of nitrogens with one attached hydrogen (secondary N) is 1. The van der Waals surface area contributed by atoms with E-state index in [0.717, 1.165) is 18.9 Å². The first-order valence-electron chi connectivity index (χ1n) is 10.8. The maximum atomic E-state index is 12.6. The molecule has 4 rings (SSSR count). The molecule has 3 atom stereocenters. The number of benzene rings is 2. The van der Waals surface area contributed by atoms with Crippen LogP contribution in [0.1, 0.15) is 60.9 Å². The Bertz CT molecular complexity index is 914. The van der Waals surface area contributed by atoms with Gasteiger partial charge in [-0.2, -0.15) is 0 Å². The molecule has 7 heteroatoms. The third-order valence-electron chi connectivity index (χ3n) is 6.48. The molecule has 1 aliphatic carbocycles. The van der Waals surface area contributed by atoms with Gasteiger partial charge >= 0.3 is 6.36 Å². The van der Waals surface area contributed by atoms with E-state index in [1.165, 1.54) is 49.6 Å². The number of likely N-dealkylation sites (tertiary alicyclic amines) is 1. The van der Waals surface area contributed by atoms with E-state index in [9.17, 15) is 18.0 Å². The molecular formula is C24H27F3N2O2. The molecule has 4 nitrogen and oxygen atoms in total. The lowest BCUT2D eigenvalue weighted by atomic mass is 9.97. The molecule has 0 aromatic heterocycles. The smallest absolute Gasteiger partial charge is 0.405 e. The minimum absolute atomic E-state index is 0.165. The number of hydrogen-bond donors (Lipinski definition) is 1. The molecule has 2 aromatic carbocycles. The van der Waals surface area contributed by atoms with Crippen LogP contribution in [0.25, 0.3) is 0 Å². The molecule has 2 aromatic rings. The molecule has 1 N–H and O–H groups in total. The summed E-state index contributed by atoms with van der Waals surface area (Å²) in [6, 6.07) is 14.3. The molecule has 1 aliphatic heterocycles. The third kappa shape index (κ3) is 5.21. The minimum atomic E-state index is -4.86. The fraction of sp³-hybridized carbons (Fsp3) is 0.458. The normalized spacial score (nSPS) is 24.3. The van der Waals surface area contributed by atoms with Crippen LogP contribution in [-0.2, 0) is 0 Å². The van der Waals surface area contributed by atoms with Crippen LogP contribution < -0.4 is 10.1 Å². The van der Waals surface area contributed by atoms with Crippen LogP contribution >= 0.6 is 0 Å². The Balaban J connectivity index is 1.39. The van der Waals surface area contributed by atoms with E-state index >= 15 is 0 Å². The summed E-state index contributed by atoms with van der Waals surface area (Å²) in [5.74, 6) is -0.655. The standard InChI is InChI=1S/C24H27F3N2O2/c1-16-5-4-14-29(16)20-13-10-18(15-20)17-8-11-19(12-9-17)28-23(30)21-6-2-3-7-22(21)31-24(25,26)27/h2-3,6-9,11-12,16,18,20H,4-5,10,13-15H2,1H3,(H,28,30)/t16?,18-,20?/m0/s1. The van der Waals surface area contributed by atoms with Gasteiger partial charge in [0.15, 0.2) is 0 Å². The van der Waals surface area contributed by atoms with Crippen LogP contribution in [0.5, 0.6) is 5.75 Å². The lowest BCUT2D eigenvalue weighted by Gasteiger charge is -2.28. The van der Waals surface area contributed by atoms with E-state index in [1.807, 2.05) is 24.3 Å². The maximum Gasteiger partial charge on any atom is 0.573 e. The second-order valence-electron chi connectivity index (χ2n) is 8.51. The Labute approximate surface area is 180 Å². The number of halogens is 3. The summed E-state index contributed by atoms with van der Waals surface area (Å²) in [6.45, 7) is 3.51. The fourth-order valence-electron chi connectivity index (χ4n) is 4.96. The van der Waals surface area contributed by atoms with Crippen molar-refractivity contribution in [1.82, 2.24) is 4.90 Å². The van der Waals surface area contributed by atoms with Gasteiger partial charge in [-0.15, -0.1) is 13.2 Å². The average molecular weight is 432 g/mol. The van der Waals surface area contributed by atoms with Crippen molar-refractivity contribution < 1.29 is 22.7 Å². The Morgan fingerprint density at radius 2 is 1.81 bits per heavy atom. The first-order chi connectivity index (χ1) is 14.8. The van der Waals surface area contributed by atoms with Gasteiger partial charge in [0.25, 0.3) is 5.91 Å². The highest BCUT2D eigenvalue weighted by atomic mass is 19.4. The van der Waals surface area contributed by atoms with Crippen molar-refractivity contribution in [2.75, 3.05) is 11.9 Å². The summed E-state index contributed by atoms with van der Waals surface area (Å²) in [5, 5.41) is 2.67. The zero-order valence-corrected chi connectivity index (χ0v) is 17.5.